The summed E-state index contributed by atoms with van der Waals surface area (Å²) in [5.41, 5.74) is 0. The molecule has 0 bridgehead atoms. The van der Waals surface area contributed by atoms with Gasteiger partial charge in [0.25, 0.3) is 0 Å². The van der Waals surface area contributed by atoms with Gasteiger partial charge in [-0.15, -0.1) is 0 Å². The van der Waals surface area contributed by atoms with E-state index in [4.69, 9.17) is 0 Å². The number of carbonyl (C=O) groups excluding carboxylic acids is 1. The van der Waals surface area contributed by atoms with Gasteiger partial charge in [-0.2, -0.15) is 4.33 Å². The predicted molar refractivity (Wildman–Crippen MR) is 88.3 cm³/mol. The molecule has 0 aliphatic carbocycles. The highest BCUT2D eigenvalue weighted by atomic mass is 32.2. The lowest BCUT2D eigenvalue weighted by atomic mass is 10.1. The van der Waals surface area contributed by atoms with Gasteiger partial charge >= 0.3 is 5.97 Å². The van der Waals surface area contributed by atoms with E-state index in [-0.39, 0.29) is 25.6 Å². The Kier molecular flexibility index (Phi) is 24.2. The molecule has 0 unspecified atom stereocenters. The first-order chi connectivity index (χ1) is 8.29. The lowest BCUT2D eigenvalue weighted by Crippen LogP contribution is -2.15. The summed E-state index contributed by atoms with van der Waals surface area (Å²) >= 11 is 1.04. The van der Waals surface area contributed by atoms with Crippen molar-refractivity contribution in [2.45, 2.75) is 53.2 Å². The van der Waals surface area contributed by atoms with Crippen molar-refractivity contribution in [3.63, 3.8) is 0 Å². The number of hydrogen-bond donors (Lipinski definition) is 0. The Morgan fingerprint density at radius 3 is 2.10 bits per heavy atom. The molecule has 0 aromatic heterocycles. The van der Waals surface area contributed by atoms with E-state index in [1.165, 1.54) is 7.11 Å². The van der Waals surface area contributed by atoms with Crippen molar-refractivity contribution >= 4 is 28.9 Å². The average molecular weight is 333 g/mol. The summed E-state index contributed by atoms with van der Waals surface area (Å²) in [7, 11) is 1.78. The molecule has 0 aromatic carbocycles. The summed E-state index contributed by atoms with van der Waals surface area (Å²) in [4.78, 5) is 10.5. The second-order valence-corrected chi connectivity index (χ2v) is 8.14. The molecule has 0 aliphatic heterocycles. The fourth-order valence-electron chi connectivity index (χ4n) is 0.554. The SMILES string of the molecule is C.C.CCC(C)(C)SOO[O-].COC(=O)CC[S+](C)C. The summed E-state index contributed by atoms with van der Waals surface area (Å²) in [6.07, 6.45) is 5.72. The van der Waals surface area contributed by atoms with Gasteiger partial charge in [-0.25, -0.2) is 0 Å². The molecule has 0 aromatic rings. The number of ether oxygens (including phenoxy) is 1. The van der Waals surface area contributed by atoms with Crippen LogP contribution in [0.15, 0.2) is 0 Å². The van der Waals surface area contributed by atoms with Crippen molar-refractivity contribution in [1.82, 2.24) is 0 Å². The fraction of sp³-hybridized carbons (Fsp3) is 0.923. The van der Waals surface area contributed by atoms with Crippen LogP contribution in [0, 0.1) is 0 Å². The molecule has 0 N–H and O–H groups in total. The summed E-state index contributed by atoms with van der Waals surface area (Å²) in [5, 5.41) is 12.5. The van der Waals surface area contributed by atoms with Gasteiger partial charge in [-0.3, -0.25) is 9.83 Å². The topological polar surface area (TPSA) is 67.8 Å². The summed E-state index contributed by atoms with van der Waals surface area (Å²) in [6.45, 7) is 5.95. The molecular weight excluding hydrogens is 300 g/mol. The van der Waals surface area contributed by atoms with Crippen LogP contribution in [0.2, 0.25) is 0 Å². The Morgan fingerprint density at radius 1 is 1.30 bits per heavy atom. The molecule has 0 fully saturated rings. The van der Waals surface area contributed by atoms with Crippen LogP contribution >= 0.6 is 12.0 Å². The molecule has 0 amide bonds. The molecule has 20 heavy (non-hydrogen) atoms. The third-order valence-corrected chi connectivity index (χ3v) is 3.97. The van der Waals surface area contributed by atoms with E-state index in [2.05, 4.69) is 26.6 Å². The lowest BCUT2D eigenvalue weighted by molar-refractivity contribution is -0.777. The van der Waals surface area contributed by atoms with Gasteiger partial charge in [0, 0.05) is 16.8 Å². The molecule has 0 spiro atoms. The highest BCUT2D eigenvalue weighted by Crippen LogP contribution is 2.27. The van der Waals surface area contributed by atoms with E-state index in [1.54, 1.807) is 0 Å². The van der Waals surface area contributed by atoms with Crippen LogP contribution in [0.3, 0.4) is 0 Å². The van der Waals surface area contributed by atoms with Crippen LogP contribution < -0.4 is 5.26 Å². The van der Waals surface area contributed by atoms with Crippen LogP contribution in [0.1, 0.15) is 48.5 Å². The molecule has 0 atom stereocenters. The quantitative estimate of drug-likeness (QED) is 0.235. The van der Waals surface area contributed by atoms with E-state index in [1.807, 2.05) is 20.8 Å². The van der Waals surface area contributed by atoms with Crippen molar-refractivity contribution < 1.29 is 24.2 Å². The number of methoxy groups -OCH3 is 1. The minimum atomic E-state index is -0.101. The maximum absolute atomic E-state index is 10.5. The van der Waals surface area contributed by atoms with Gasteiger partial charge in [0.15, 0.2) is 0 Å². The number of carbonyl (C=O) groups is 1. The molecule has 126 valence electrons. The molecule has 0 aliphatic rings. The molecule has 0 rings (SSSR count). The Bertz CT molecular complexity index is 211. The van der Waals surface area contributed by atoms with Crippen LogP contribution in [0.5, 0.6) is 0 Å². The lowest BCUT2D eigenvalue weighted by Gasteiger charge is -2.19. The zero-order chi connectivity index (χ0) is 14.6. The van der Waals surface area contributed by atoms with Crippen LogP contribution in [-0.4, -0.2) is 36.1 Å². The van der Waals surface area contributed by atoms with Crippen molar-refractivity contribution in [1.29, 1.82) is 0 Å². The zero-order valence-corrected chi connectivity index (χ0v) is 13.6. The molecular formula is C13H32O5S2. The molecule has 0 saturated heterocycles. The van der Waals surface area contributed by atoms with Gasteiger partial charge in [-0.05, 0) is 31.2 Å². The van der Waals surface area contributed by atoms with Crippen molar-refractivity contribution in [3.05, 3.63) is 0 Å². The highest BCUT2D eigenvalue weighted by molar-refractivity contribution is 7.96. The Labute approximate surface area is 132 Å². The van der Waals surface area contributed by atoms with Gasteiger partial charge in [-0.1, -0.05) is 21.8 Å². The Morgan fingerprint density at radius 2 is 1.80 bits per heavy atom. The van der Waals surface area contributed by atoms with E-state index >= 15 is 0 Å². The average Bonchev–Trinajstić information content (AvgIpc) is 2.34. The normalized spacial score (nSPS) is 9.80. The highest BCUT2D eigenvalue weighted by Gasteiger charge is 2.16. The maximum atomic E-state index is 10.5. The maximum Gasteiger partial charge on any atom is 0.310 e. The minimum Gasteiger partial charge on any atom is -0.691 e. The number of rotatable bonds is 7. The summed E-state index contributed by atoms with van der Waals surface area (Å²) in [5.74, 6) is 0.850. The molecule has 0 radical (unpaired) electrons. The molecule has 0 heterocycles. The van der Waals surface area contributed by atoms with Crippen molar-refractivity contribution in [2.24, 2.45) is 0 Å². The number of esters is 1. The van der Waals surface area contributed by atoms with Crippen LogP contribution in [0.4, 0.5) is 0 Å². The Balaban J connectivity index is -0.000000116. The number of hydrogen-bond acceptors (Lipinski definition) is 6. The van der Waals surface area contributed by atoms with E-state index in [9.17, 15) is 10.1 Å². The second-order valence-electron chi connectivity index (χ2n) is 4.35. The zero-order valence-electron chi connectivity index (χ0n) is 12.0. The fourth-order valence-corrected chi connectivity index (χ4v) is 1.46. The van der Waals surface area contributed by atoms with Gasteiger partial charge in [0.05, 0.1) is 26.0 Å². The first-order valence-electron chi connectivity index (χ1n) is 5.54. The third kappa shape index (κ3) is 23.2. The Hall–Kier alpha value is 0.0500. The minimum absolute atomic E-state index is 0. The van der Waals surface area contributed by atoms with Gasteiger partial charge in [0.1, 0.15) is 5.75 Å². The largest absolute Gasteiger partial charge is 0.691 e. The standard InChI is InChI=1S/C6H13O2S.C5H12O3S.2CH4/c1-8-6(7)4-5-9(2)3;1-4-5(2,3)9-8-7-6;;/h4-5H2,1-3H3;6H,4H2,1-3H3;2*1H4/q+1;;;/p-1. The second kappa shape index (κ2) is 17.1. The smallest absolute Gasteiger partial charge is 0.310 e. The van der Waals surface area contributed by atoms with E-state index in [0.29, 0.717) is 17.3 Å². The van der Waals surface area contributed by atoms with Crippen molar-refractivity contribution in [3.8, 4) is 0 Å². The summed E-state index contributed by atoms with van der Waals surface area (Å²) < 4.78 is 8.58. The van der Waals surface area contributed by atoms with Gasteiger partial charge < -0.3 is 9.99 Å². The van der Waals surface area contributed by atoms with Gasteiger partial charge in [0.2, 0.25) is 0 Å². The third-order valence-electron chi connectivity index (χ3n) is 2.08. The summed E-state index contributed by atoms with van der Waals surface area (Å²) in [6, 6.07) is 0. The van der Waals surface area contributed by atoms with Crippen LogP contribution in [-0.2, 0) is 29.8 Å². The molecule has 5 nitrogen and oxygen atoms in total. The predicted octanol–water partition coefficient (Wildman–Crippen LogP) is 2.75. The molecule has 0 saturated carbocycles. The first kappa shape index (κ1) is 28.2. The van der Waals surface area contributed by atoms with E-state index < -0.39 is 0 Å². The molecule has 7 heteroatoms. The first-order valence-corrected chi connectivity index (χ1v) is 8.49. The van der Waals surface area contributed by atoms with Crippen LogP contribution in [0.25, 0.3) is 0 Å². The van der Waals surface area contributed by atoms with E-state index in [0.717, 1.165) is 24.2 Å². The monoisotopic (exact) mass is 332 g/mol. The van der Waals surface area contributed by atoms with Crippen molar-refractivity contribution in [2.75, 3.05) is 25.4 Å².